The third-order valence-electron chi connectivity index (χ3n) is 3.45. The van der Waals surface area contributed by atoms with Gasteiger partial charge in [0, 0.05) is 6.92 Å². The first-order chi connectivity index (χ1) is 11.7. The van der Waals surface area contributed by atoms with Gasteiger partial charge in [0.1, 0.15) is 30.1 Å². The summed E-state index contributed by atoms with van der Waals surface area (Å²) < 4.78 is 45.2. The van der Waals surface area contributed by atoms with Crippen LogP contribution in [-0.4, -0.2) is 66.3 Å². The molecular weight excluding hydrogens is 372 g/mol. The lowest BCUT2D eigenvalue weighted by molar-refractivity contribution is -0.242. The summed E-state index contributed by atoms with van der Waals surface area (Å²) in [5.41, 5.74) is 0. The van der Waals surface area contributed by atoms with Crippen molar-refractivity contribution in [1.29, 1.82) is 0 Å². The predicted molar refractivity (Wildman–Crippen MR) is 87.9 cm³/mol. The first-order valence-electron chi connectivity index (χ1n) is 7.29. The zero-order valence-corrected chi connectivity index (χ0v) is 14.7. The summed E-state index contributed by atoms with van der Waals surface area (Å²) in [7, 11) is -4.76. The number of rotatable bonds is 6. The number of nitrogens with one attached hydrogen (secondary N) is 1. The molecule has 1 aliphatic rings. The van der Waals surface area contributed by atoms with E-state index in [2.05, 4.69) is 9.50 Å². The van der Waals surface area contributed by atoms with Crippen molar-refractivity contribution in [3.05, 3.63) is 30.3 Å². The molecule has 0 aromatic heterocycles. The minimum absolute atomic E-state index is 0. The van der Waals surface area contributed by atoms with Crippen LogP contribution in [0.15, 0.2) is 30.3 Å². The molecule has 0 aliphatic carbocycles. The average molecular weight is 394 g/mol. The second-order valence-corrected chi connectivity index (χ2v) is 6.48. The van der Waals surface area contributed by atoms with Gasteiger partial charge in [0.15, 0.2) is 0 Å². The van der Waals surface area contributed by atoms with E-state index in [0.29, 0.717) is 5.75 Å². The maximum absolute atomic E-state index is 11.3. The van der Waals surface area contributed by atoms with Gasteiger partial charge in [0.05, 0.1) is 6.61 Å². The summed E-state index contributed by atoms with van der Waals surface area (Å²) in [5.74, 6) is -0.130. The lowest BCUT2D eigenvalue weighted by Gasteiger charge is -2.42. The van der Waals surface area contributed by atoms with Gasteiger partial charge in [-0.25, -0.2) is 4.18 Å². The quantitative estimate of drug-likeness (QED) is 0.374. The summed E-state index contributed by atoms with van der Waals surface area (Å²) in [6.07, 6.45) is -5.68. The zero-order chi connectivity index (χ0) is 18.6. The lowest BCUT2D eigenvalue weighted by Crippen LogP contribution is -2.65. The molecule has 2 rings (SSSR count). The summed E-state index contributed by atoms with van der Waals surface area (Å²) >= 11 is 0. The van der Waals surface area contributed by atoms with E-state index in [1.807, 2.05) is 0 Å². The number of amides is 1. The minimum Gasteiger partial charge on any atom is -0.463 e. The van der Waals surface area contributed by atoms with Crippen molar-refractivity contribution in [3.63, 3.8) is 0 Å². The summed E-state index contributed by atoms with van der Waals surface area (Å²) in [6.45, 7) is 0.463. The molecule has 1 aliphatic heterocycles. The van der Waals surface area contributed by atoms with Crippen LogP contribution in [0.2, 0.25) is 0 Å². The molecule has 7 N–H and O–H groups in total. The van der Waals surface area contributed by atoms with Gasteiger partial charge in [-0.15, -0.1) is 0 Å². The highest BCUT2D eigenvalue weighted by Gasteiger charge is 2.46. The van der Waals surface area contributed by atoms with Crippen molar-refractivity contribution < 1.29 is 41.6 Å². The Labute approximate surface area is 150 Å². The summed E-state index contributed by atoms with van der Waals surface area (Å²) in [4.78, 5) is 11.3. The highest BCUT2D eigenvalue weighted by molar-refractivity contribution is 7.80. The first-order valence-corrected chi connectivity index (χ1v) is 8.66. The molecule has 0 radical (unpaired) electrons. The minimum atomic E-state index is -4.76. The molecule has 26 heavy (non-hydrogen) atoms. The van der Waals surface area contributed by atoms with Gasteiger partial charge < -0.3 is 31.2 Å². The maximum Gasteiger partial charge on any atom is 0.397 e. The molecule has 0 bridgehead atoms. The third kappa shape index (κ3) is 6.17. The van der Waals surface area contributed by atoms with Crippen LogP contribution in [0.4, 0.5) is 0 Å². The molecule has 12 heteroatoms. The van der Waals surface area contributed by atoms with Gasteiger partial charge in [-0.2, -0.15) is 8.42 Å². The van der Waals surface area contributed by atoms with Gasteiger partial charge in [-0.1, -0.05) is 18.2 Å². The molecule has 1 aromatic rings. The fourth-order valence-electron chi connectivity index (χ4n) is 2.34. The van der Waals surface area contributed by atoms with Crippen molar-refractivity contribution in [3.8, 4) is 5.75 Å². The Balaban J connectivity index is 0.00000338. The number of hydrogen-bond acceptors (Lipinski definition) is 9. The topological polar surface area (TPSA) is 187 Å². The van der Waals surface area contributed by atoms with E-state index in [4.69, 9.17) is 14.0 Å². The lowest BCUT2D eigenvalue weighted by atomic mass is 9.97. The smallest absolute Gasteiger partial charge is 0.397 e. The number of ether oxygens (including phenoxy) is 2. The molecule has 148 valence electrons. The van der Waals surface area contributed by atoms with Crippen LogP contribution in [0.1, 0.15) is 6.92 Å². The Morgan fingerprint density at radius 2 is 1.85 bits per heavy atom. The van der Waals surface area contributed by atoms with Crippen molar-refractivity contribution in [2.24, 2.45) is 0 Å². The number of para-hydroxylation sites is 1. The highest BCUT2D eigenvalue weighted by atomic mass is 32.3. The van der Waals surface area contributed by atoms with Crippen LogP contribution in [0.5, 0.6) is 5.75 Å². The SMILES string of the molecule is CC(=O)N[C@H]1[C@H](Oc2ccccc2)O[C@H](COS(=O)(=O)O)[C@H](O)[C@@H]1O.N. The van der Waals surface area contributed by atoms with Crippen LogP contribution in [0.25, 0.3) is 0 Å². The predicted octanol–water partition coefficient (Wildman–Crippen LogP) is -1.00. The van der Waals surface area contributed by atoms with E-state index in [9.17, 15) is 23.4 Å². The number of carbonyl (C=O) groups is 1. The Bertz CT molecular complexity index is 685. The van der Waals surface area contributed by atoms with E-state index in [1.165, 1.54) is 6.92 Å². The van der Waals surface area contributed by atoms with Gasteiger partial charge in [0.2, 0.25) is 12.2 Å². The standard InChI is InChI=1S/C14H19NO9S.H3N/c1-8(16)15-11-13(18)12(17)10(7-22-25(19,20)21)24-14(11)23-9-5-3-2-4-6-9;/h2-6,10-14,17-18H,7H2,1H3,(H,15,16)(H,19,20,21);1H3/t10-,11-,12+,13-,14-;/m1./s1. The van der Waals surface area contributed by atoms with E-state index in [1.54, 1.807) is 30.3 Å². The number of aliphatic hydroxyl groups excluding tert-OH is 2. The Morgan fingerprint density at radius 3 is 2.38 bits per heavy atom. The van der Waals surface area contributed by atoms with E-state index in [0.717, 1.165) is 0 Å². The molecule has 1 saturated heterocycles. The Kier molecular flexibility index (Phi) is 7.89. The van der Waals surface area contributed by atoms with E-state index < -0.39 is 53.6 Å². The number of benzene rings is 1. The molecular formula is C14H22N2O9S. The monoisotopic (exact) mass is 394 g/mol. The van der Waals surface area contributed by atoms with Crippen molar-refractivity contribution in [2.75, 3.05) is 6.61 Å². The van der Waals surface area contributed by atoms with Gasteiger partial charge >= 0.3 is 10.4 Å². The normalized spacial score (nSPS) is 28.7. The molecule has 1 amide bonds. The Hall–Kier alpha value is -1.80. The van der Waals surface area contributed by atoms with Crippen molar-refractivity contribution in [2.45, 2.75) is 37.6 Å². The number of aliphatic hydroxyl groups is 2. The second-order valence-electron chi connectivity index (χ2n) is 5.39. The van der Waals surface area contributed by atoms with Crippen molar-refractivity contribution in [1.82, 2.24) is 11.5 Å². The number of hydrogen-bond donors (Lipinski definition) is 5. The molecule has 1 fully saturated rings. The van der Waals surface area contributed by atoms with Gasteiger partial charge in [0.25, 0.3) is 0 Å². The maximum atomic E-state index is 11.3. The number of carbonyl (C=O) groups excluding carboxylic acids is 1. The average Bonchev–Trinajstić information content (AvgIpc) is 2.53. The van der Waals surface area contributed by atoms with Gasteiger partial charge in [-0.3, -0.25) is 9.35 Å². The van der Waals surface area contributed by atoms with Crippen LogP contribution in [0.3, 0.4) is 0 Å². The fourth-order valence-corrected chi connectivity index (χ4v) is 2.65. The molecule has 0 unspecified atom stereocenters. The van der Waals surface area contributed by atoms with Crippen molar-refractivity contribution >= 4 is 16.3 Å². The third-order valence-corrected chi connectivity index (χ3v) is 3.88. The zero-order valence-electron chi connectivity index (χ0n) is 13.9. The van der Waals surface area contributed by atoms with E-state index >= 15 is 0 Å². The molecule has 0 saturated carbocycles. The summed E-state index contributed by atoms with van der Waals surface area (Å²) in [5, 5.41) is 22.7. The first kappa shape index (κ1) is 22.2. The van der Waals surface area contributed by atoms with Crippen LogP contribution >= 0.6 is 0 Å². The molecule has 1 heterocycles. The van der Waals surface area contributed by atoms with E-state index in [-0.39, 0.29) is 6.15 Å². The van der Waals surface area contributed by atoms with Crippen LogP contribution in [0, 0.1) is 0 Å². The fraction of sp³-hybridized carbons (Fsp3) is 0.500. The molecule has 0 spiro atoms. The second kappa shape index (κ2) is 9.23. The molecule has 5 atom stereocenters. The molecule has 1 aromatic carbocycles. The molecule has 11 nitrogen and oxygen atoms in total. The van der Waals surface area contributed by atoms with Gasteiger partial charge in [-0.05, 0) is 12.1 Å². The van der Waals surface area contributed by atoms with Crippen LogP contribution < -0.4 is 16.2 Å². The summed E-state index contributed by atoms with van der Waals surface area (Å²) in [6, 6.07) is 7.23. The Morgan fingerprint density at radius 1 is 1.23 bits per heavy atom. The highest BCUT2D eigenvalue weighted by Crippen LogP contribution is 2.25. The largest absolute Gasteiger partial charge is 0.463 e. The van der Waals surface area contributed by atoms with Crippen LogP contribution in [-0.2, 0) is 24.1 Å².